The van der Waals surface area contributed by atoms with Crippen LogP contribution in [0.25, 0.3) is 0 Å². The second kappa shape index (κ2) is 4.87. The fourth-order valence-electron chi connectivity index (χ4n) is 2.20. The standard InChI is InChI=1S/C12H18N2OS/c1-8(15)12-10(13)7-11(16-12)14-9-5-3-2-4-6-9/h7,9,14H,2-6,13H2,1H3. The Balaban J connectivity index is 2.03. The van der Waals surface area contributed by atoms with E-state index in [4.69, 9.17) is 5.73 Å². The van der Waals surface area contributed by atoms with E-state index in [1.165, 1.54) is 43.4 Å². The SMILES string of the molecule is CC(=O)c1sc(NC2CCCCC2)cc1N. The lowest BCUT2D eigenvalue weighted by Crippen LogP contribution is -2.21. The minimum Gasteiger partial charge on any atom is -0.397 e. The van der Waals surface area contributed by atoms with Gasteiger partial charge in [-0.15, -0.1) is 11.3 Å². The number of thiophene rings is 1. The lowest BCUT2D eigenvalue weighted by molar-refractivity contribution is 0.102. The molecule has 2 rings (SSSR count). The summed E-state index contributed by atoms with van der Waals surface area (Å²) in [6.45, 7) is 1.56. The second-order valence-corrected chi connectivity index (χ2v) is 5.48. The lowest BCUT2D eigenvalue weighted by atomic mass is 9.96. The van der Waals surface area contributed by atoms with Gasteiger partial charge in [0.05, 0.1) is 15.6 Å². The Morgan fingerprint density at radius 2 is 2.12 bits per heavy atom. The fraction of sp³-hybridized carbons (Fsp3) is 0.583. The van der Waals surface area contributed by atoms with Crippen LogP contribution in [-0.4, -0.2) is 11.8 Å². The predicted molar refractivity (Wildman–Crippen MR) is 69.2 cm³/mol. The Morgan fingerprint density at radius 1 is 1.44 bits per heavy atom. The quantitative estimate of drug-likeness (QED) is 0.795. The smallest absolute Gasteiger partial charge is 0.171 e. The molecule has 16 heavy (non-hydrogen) atoms. The monoisotopic (exact) mass is 238 g/mol. The Bertz CT molecular complexity index is 380. The highest BCUT2D eigenvalue weighted by Crippen LogP contribution is 2.31. The summed E-state index contributed by atoms with van der Waals surface area (Å²) < 4.78 is 0. The molecule has 1 aliphatic rings. The highest BCUT2D eigenvalue weighted by atomic mass is 32.1. The molecule has 0 radical (unpaired) electrons. The maximum Gasteiger partial charge on any atom is 0.171 e. The molecule has 0 amide bonds. The maximum absolute atomic E-state index is 11.3. The summed E-state index contributed by atoms with van der Waals surface area (Å²) in [5.74, 6) is 0.0548. The Hall–Kier alpha value is -1.03. The normalized spacial score (nSPS) is 17.3. The molecule has 0 saturated heterocycles. The molecule has 1 fully saturated rings. The van der Waals surface area contributed by atoms with Gasteiger partial charge in [0.15, 0.2) is 5.78 Å². The van der Waals surface area contributed by atoms with Crippen molar-refractivity contribution in [1.29, 1.82) is 0 Å². The third kappa shape index (κ3) is 2.55. The van der Waals surface area contributed by atoms with E-state index in [2.05, 4.69) is 5.32 Å². The summed E-state index contributed by atoms with van der Waals surface area (Å²) in [6.07, 6.45) is 6.42. The lowest BCUT2D eigenvalue weighted by Gasteiger charge is -2.22. The first-order valence-electron chi connectivity index (χ1n) is 5.83. The molecule has 0 unspecified atom stereocenters. The molecule has 1 aliphatic carbocycles. The van der Waals surface area contributed by atoms with Crippen molar-refractivity contribution in [3.63, 3.8) is 0 Å². The zero-order valence-electron chi connectivity index (χ0n) is 9.58. The topological polar surface area (TPSA) is 55.1 Å². The van der Waals surface area contributed by atoms with Crippen molar-refractivity contribution < 1.29 is 4.79 Å². The zero-order valence-corrected chi connectivity index (χ0v) is 10.4. The number of carbonyl (C=O) groups is 1. The summed E-state index contributed by atoms with van der Waals surface area (Å²) >= 11 is 1.48. The third-order valence-electron chi connectivity index (χ3n) is 3.03. The van der Waals surface area contributed by atoms with E-state index >= 15 is 0 Å². The highest BCUT2D eigenvalue weighted by Gasteiger charge is 2.16. The molecule has 0 aromatic carbocycles. The minimum absolute atomic E-state index is 0.0548. The van der Waals surface area contributed by atoms with Gasteiger partial charge in [-0.25, -0.2) is 0 Å². The van der Waals surface area contributed by atoms with Crippen molar-refractivity contribution >= 4 is 27.8 Å². The molecule has 3 N–H and O–H groups in total. The summed E-state index contributed by atoms with van der Waals surface area (Å²) in [5, 5.41) is 4.52. The number of carbonyl (C=O) groups excluding carboxylic acids is 1. The van der Waals surface area contributed by atoms with Crippen LogP contribution in [0.15, 0.2) is 6.07 Å². The van der Waals surface area contributed by atoms with Gasteiger partial charge in [0.1, 0.15) is 0 Å². The van der Waals surface area contributed by atoms with Crippen LogP contribution in [0.5, 0.6) is 0 Å². The molecular weight excluding hydrogens is 220 g/mol. The van der Waals surface area contributed by atoms with Crippen LogP contribution in [0.3, 0.4) is 0 Å². The number of hydrogen-bond donors (Lipinski definition) is 2. The van der Waals surface area contributed by atoms with Crippen LogP contribution < -0.4 is 11.1 Å². The van der Waals surface area contributed by atoms with E-state index < -0.39 is 0 Å². The summed E-state index contributed by atoms with van der Waals surface area (Å²) in [5.41, 5.74) is 6.40. The van der Waals surface area contributed by atoms with E-state index in [1.54, 1.807) is 6.92 Å². The largest absolute Gasteiger partial charge is 0.397 e. The molecule has 0 spiro atoms. The number of nitrogens with two attached hydrogens (primary N) is 1. The average Bonchev–Trinajstić information content (AvgIpc) is 2.61. The first-order valence-corrected chi connectivity index (χ1v) is 6.65. The number of rotatable bonds is 3. The van der Waals surface area contributed by atoms with Crippen molar-refractivity contribution in [3.8, 4) is 0 Å². The van der Waals surface area contributed by atoms with Gasteiger partial charge in [-0.2, -0.15) is 0 Å². The van der Waals surface area contributed by atoms with Crippen LogP contribution in [0.2, 0.25) is 0 Å². The number of ketones is 1. The van der Waals surface area contributed by atoms with Gasteiger partial charge in [-0.3, -0.25) is 4.79 Å². The Kier molecular flexibility index (Phi) is 3.49. The first kappa shape index (κ1) is 11.5. The zero-order chi connectivity index (χ0) is 11.5. The number of hydrogen-bond acceptors (Lipinski definition) is 4. The molecule has 1 aromatic heterocycles. The van der Waals surface area contributed by atoms with Crippen LogP contribution >= 0.6 is 11.3 Å². The number of nitrogen functional groups attached to an aromatic ring is 1. The van der Waals surface area contributed by atoms with E-state index in [9.17, 15) is 4.79 Å². The Morgan fingerprint density at radius 3 is 2.69 bits per heavy atom. The van der Waals surface area contributed by atoms with Crippen molar-refractivity contribution in [2.75, 3.05) is 11.1 Å². The van der Waals surface area contributed by atoms with Crippen molar-refractivity contribution in [2.45, 2.75) is 45.1 Å². The number of nitrogens with one attached hydrogen (secondary N) is 1. The first-order chi connectivity index (χ1) is 7.66. The number of Topliss-reactive ketones (excluding diaryl/α,β-unsaturated/α-hetero) is 1. The van der Waals surface area contributed by atoms with E-state index in [-0.39, 0.29) is 5.78 Å². The van der Waals surface area contributed by atoms with Gasteiger partial charge in [-0.05, 0) is 18.9 Å². The van der Waals surface area contributed by atoms with Gasteiger partial charge < -0.3 is 11.1 Å². The Labute approximate surface area is 100 Å². The van der Waals surface area contributed by atoms with Crippen LogP contribution in [0.4, 0.5) is 10.7 Å². The highest BCUT2D eigenvalue weighted by molar-refractivity contribution is 7.18. The van der Waals surface area contributed by atoms with Crippen molar-refractivity contribution in [2.24, 2.45) is 0 Å². The molecule has 1 heterocycles. The summed E-state index contributed by atoms with van der Waals surface area (Å²) in [7, 11) is 0. The molecule has 3 nitrogen and oxygen atoms in total. The van der Waals surface area contributed by atoms with Gasteiger partial charge >= 0.3 is 0 Å². The van der Waals surface area contributed by atoms with Crippen LogP contribution in [-0.2, 0) is 0 Å². The van der Waals surface area contributed by atoms with Crippen molar-refractivity contribution in [1.82, 2.24) is 0 Å². The maximum atomic E-state index is 11.3. The van der Waals surface area contributed by atoms with Crippen LogP contribution in [0.1, 0.15) is 48.7 Å². The second-order valence-electron chi connectivity index (χ2n) is 4.43. The van der Waals surface area contributed by atoms with Crippen molar-refractivity contribution in [3.05, 3.63) is 10.9 Å². The molecule has 1 saturated carbocycles. The van der Waals surface area contributed by atoms with Gasteiger partial charge in [0, 0.05) is 13.0 Å². The molecule has 88 valence electrons. The van der Waals surface area contributed by atoms with Gasteiger partial charge in [-0.1, -0.05) is 19.3 Å². The number of anilines is 2. The molecule has 0 aliphatic heterocycles. The van der Waals surface area contributed by atoms with Gasteiger partial charge in [0.2, 0.25) is 0 Å². The molecule has 0 atom stereocenters. The molecule has 0 bridgehead atoms. The van der Waals surface area contributed by atoms with E-state index in [0.29, 0.717) is 16.6 Å². The summed E-state index contributed by atoms with van der Waals surface area (Å²) in [4.78, 5) is 12.0. The minimum atomic E-state index is 0.0548. The average molecular weight is 238 g/mol. The van der Waals surface area contributed by atoms with Crippen LogP contribution in [0, 0.1) is 0 Å². The van der Waals surface area contributed by atoms with Gasteiger partial charge in [0.25, 0.3) is 0 Å². The molecule has 4 heteroatoms. The summed E-state index contributed by atoms with van der Waals surface area (Å²) in [6, 6.07) is 2.45. The fourth-order valence-corrected chi connectivity index (χ4v) is 3.15. The molecule has 1 aromatic rings. The third-order valence-corrected chi connectivity index (χ3v) is 4.22. The molecular formula is C12H18N2OS. The van der Waals surface area contributed by atoms with E-state index in [1.807, 2.05) is 6.07 Å². The van der Waals surface area contributed by atoms with E-state index in [0.717, 1.165) is 5.00 Å². The predicted octanol–water partition coefficient (Wildman–Crippen LogP) is 3.28.